The summed E-state index contributed by atoms with van der Waals surface area (Å²) in [4.78, 5) is 20.2. The van der Waals surface area contributed by atoms with E-state index in [1.165, 1.54) is 11.3 Å². The number of hydrogen-bond donors (Lipinski definition) is 1. The molecule has 1 amide bonds. The Morgan fingerprint density at radius 2 is 1.89 bits per heavy atom. The quantitative estimate of drug-likeness (QED) is 0.548. The molecule has 1 N–H and O–H groups in total. The van der Waals surface area contributed by atoms with Crippen molar-refractivity contribution in [3.63, 3.8) is 0 Å². The fourth-order valence-electron chi connectivity index (χ4n) is 2.33. The maximum absolute atomic E-state index is 11.8. The first-order valence-electron chi connectivity index (χ1n) is 8.10. The standard InChI is InChI=1S/C19H14N4O3S/c24-16(21-19-20-10-11-27-19)12-25-15-8-6-14(7-9-15)18-22-17(23-26-18)13-4-2-1-3-5-13/h1-11H,12H2,(H,20,21,24). The van der Waals surface area contributed by atoms with Gasteiger partial charge >= 0.3 is 0 Å². The first kappa shape index (κ1) is 16.9. The SMILES string of the molecule is O=C(COc1ccc(-c2nc(-c3ccccc3)no2)cc1)Nc1nccs1. The van der Waals surface area contributed by atoms with Crippen LogP contribution in [0.2, 0.25) is 0 Å². The third-order valence-corrected chi connectivity index (χ3v) is 4.30. The molecule has 0 bridgehead atoms. The van der Waals surface area contributed by atoms with E-state index in [4.69, 9.17) is 9.26 Å². The van der Waals surface area contributed by atoms with Gasteiger partial charge in [0.2, 0.25) is 5.82 Å². The number of carbonyl (C=O) groups is 1. The monoisotopic (exact) mass is 378 g/mol. The minimum absolute atomic E-state index is 0.0996. The van der Waals surface area contributed by atoms with Crippen molar-refractivity contribution >= 4 is 22.4 Å². The lowest BCUT2D eigenvalue weighted by atomic mass is 10.2. The number of anilines is 1. The molecule has 0 aliphatic heterocycles. The van der Waals surface area contributed by atoms with Crippen LogP contribution in [-0.4, -0.2) is 27.6 Å². The average molecular weight is 378 g/mol. The highest BCUT2D eigenvalue weighted by Crippen LogP contribution is 2.24. The predicted molar refractivity (Wildman–Crippen MR) is 101 cm³/mol. The lowest BCUT2D eigenvalue weighted by Crippen LogP contribution is -2.19. The lowest BCUT2D eigenvalue weighted by molar-refractivity contribution is -0.118. The number of nitrogens with one attached hydrogen (secondary N) is 1. The molecule has 4 rings (SSSR count). The molecule has 27 heavy (non-hydrogen) atoms. The maximum atomic E-state index is 11.8. The second kappa shape index (κ2) is 7.79. The number of amides is 1. The van der Waals surface area contributed by atoms with E-state index in [2.05, 4.69) is 20.4 Å². The number of rotatable bonds is 6. The van der Waals surface area contributed by atoms with Crippen molar-refractivity contribution in [1.82, 2.24) is 15.1 Å². The summed E-state index contributed by atoms with van der Waals surface area (Å²) in [7, 11) is 0. The zero-order valence-corrected chi connectivity index (χ0v) is 14.8. The summed E-state index contributed by atoms with van der Waals surface area (Å²) >= 11 is 1.35. The van der Waals surface area contributed by atoms with Crippen LogP contribution in [0.4, 0.5) is 5.13 Å². The number of benzene rings is 2. The van der Waals surface area contributed by atoms with Crippen LogP contribution in [0.1, 0.15) is 0 Å². The van der Waals surface area contributed by atoms with Crippen LogP contribution in [-0.2, 0) is 4.79 Å². The van der Waals surface area contributed by atoms with Gasteiger partial charge < -0.3 is 9.26 Å². The molecule has 2 aromatic heterocycles. The van der Waals surface area contributed by atoms with E-state index in [0.29, 0.717) is 22.6 Å². The van der Waals surface area contributed by atoms with E-state index in [9.17, 15) is 4.79 Å². The Balaban J connectivity index is 1.38. The van der Waals surface area contributed by atoms with Gasteiger partial charge in [0.15, 0.2) is 11.7 Å². The third-order valence-electron chi connectivity index (χ3n) is 3.61. The zero-order valence-electron chi connectivity index (χ0n) is 14.0. The first-order chi connectivity index (χ1) is 13.3. The van der Waals surface area contributed by atoms with E-state index >= 15 is 0 Å². The molecular weight excluding hydrogens is 364 g/mol. The van der Waals surface area contributed by atoms with Gasteiger partial charge in [0, 0.05) is 22.7 Å². The van der Waals surface area contributed by atoms with Gasteiger partial charge in [-0.05, 0) is 24.3 Å². The molecule has 0 spiro atoms. The fourth-order valence-corrected chi connectivity index (χ4v) is 2.87. The largest absolute Gasteiger partial charge is 0.484 e. The number of nitrogens with zero attached hydrogens (tertiary/aromatic N) is 3. The Hall–Kier alpha value is -3.52. The Morgan fingerprint density at radius 3 is 2.63 bits per heavy atom. The highest BCUT2D eigenvalue weighted by Gasteiger charge is 2.11. The number of thiazole rings is 1. The van der Waals surface area contributed by atoms with Crippen molar-refractivity contribution in [2.45, 2.75) is 0 Å². The number of ether oxygens (including phenoxy) is 1. The van der Waals surface area contributed by atoms with Crippen LogP contribution < -0.4 is 10.1 Å². The van der Waals surface area contributed by atoms with Gasteiger partial charge in [-0.25, -0.2) is 4.98 Å². The second-order valence-corrected chi connectivity index (χ2v) is 6.38. The summed E-state index contributed by atoms with van der Waals surface area (Å²) < 4.78 is 10.8. The Labute approximate surface area is 158 Å². The summed E-state index contributed by atoms with van der Waals surface area (Å²) in [6.45, 7) is -0.0996. The molecular formula is C19H14N4O3S. The number of carbonyl (C=O) groups excluding carboxylic acids is 1. The van der Waals surface area contributed by atoms with Gasteiger partial charge in [-0.15, -0.1) is 11.3 Å². The third kappa shape index (κ3) is 4.18. The van der Waals surface area contributed by atoms with Gasteiger partial charge in [0.05, 0.1) is 0 Å². The molecule has 8 heteroatoms. The molecule has 0 atom stereocenters. The molecule has 7 nitrogen and oxygen atoms in total. The highest BCUT2D eigenvalue weighted by molar-refractivity contribution is 7.13. The predicted octanol–water partition coefficient (Wildman–Crippen LogP) is 3.88. The molecule has 0 fully saturated rings. The van der Waals surface area contributed by atoms with Gasteiger partial charge in [-0.1, -0.05) is 35.5 Å². The summed E-state index contributed by atoms with van der Waals surface area (Å²) in [6.07, 6.45) is 1.63. The Kier molecular flexibility index (Phi) is 4.88. The first-order valence-corrected chi connectivity index (χ1v) is 8.97. The maximum Gasteiger partial charge on any atom is 0.264 e. The normalized spacial score (nSPS) is 10.5. The fraction of sp³-hybridized carbons (Fsp3) is 0.0526. The minimum atomic E-state index is -0.265. The smallest absolute Gasteiger partial charge is 0.264 e. The summed E-state index contributed by atoms with van der Waals surface area (Å²) in [5, 5.41) is 9.00. The van der Waals surface area contributed by atoms with Crippen molar-refractivity contribution in [2.75, 3.05) is 11.9 Å². The summed E-state index contributed by atoms with van der Waals surface area (Å²) in [5.74, 6) is 1.25. The van der Waals surface area contributed by atoms with Gasteiger partial charge in [-0.3, -0.25) is 10.1 Å². The summed E-state index contributed by atoms with van der Waals surface area (Å²) in [6, 6.07) is 16.7. The van der Waals surface area contributed by atoms with Crippen molar-refractivity contribution in [1.29, 1.82) is 0 Å². The van der Waals surface area contributed by atoms with Crippen LogP contribution in [0.15, 0.2) is 70.7 Å². The van der Waals surface area contributed by atoms with Crippen molar-refractivity contribution < 1.29 is 14.1 Å². The molecule has 4 aromatic rings. The molecule has 2 aromatic carbocycles. The van der Waals surface area contributed by atoms with E-state index in [-0.39, 0.29) is 12.5 Å². The molecule has 0 saturated carbocycles. The van der Waals surface area contributed by atoms with Crippen LogP contribution in [0.3, 0.4) is 0 Å². The van der Waals surface area contributed by atoms with Crippen molar-refractivity contribution in [3.8, 4) is 28.6 Å². The van der Waals surface area contributed by atoms with Gasteiger partial charge in [0.25, 0.3) is 11.8 Å². The molecule has 134 valence electrons. The molecule has 0 unspecified atom stereocenters. The van der Waals surface area contributed by atoms with E-state index in [1.54, 1.807) is 35.8 Å². The lowest BCUT2D eigenvalue weighted by Gasteiger charge is -2.06. The number of aromatic nitrogens is 3. The average Bonchev–Trinajstić information content (AvgIpc) is 3.40. The number of hydrogen-bond acceptors (Lipinski definition) is 7. The molecule has 0 aliphatic carbocycles. The molecule has 0 radical (unpaired) electrons. The second-order valence-electron chi connectivity index (χ2n) is 5.49. The minimum Gasteiger partial charge on any atom is -0.484 e. The summed E-state index contributed by atoms with van der Waals surface area (Å²) in [5.41, 5.74) is 1.66. The molecule has 2 heterocycles. The highest BCUT2D eigenvalue weighted by atomic mass is 32.1. The Bertz CT molecular complexity index is 1010. The van der Waals surface area contributed by atoms with Crippen LogP contribution >= 0.6 is 11.3 Å². The van der Waals surface area contributed by atoms with Crippen molar-refractivity contribution in [3.05, 3.63) is 66.2 Å². The topological polar surface area (TPSA) is 90.1 Å². The van der Waals surface area contributed by atoms with E-state index in [0.717, 1.165) is 11.1 Å². The van der Waals surface area contributed by atoms with Gasteiger partial charge in [-0.2, -0.15) is 4.98 Å². The van der Waals surface area contributed by atoms with Crippen LogP contribution in [0.25, 0.3) is 22.8 Å². The zero-order chi connectivity index (χ0) is 18.5. The molecule has 0 aliphatic rings. The van der Waals surface area contributed by atoms with Gasteiger partial charge in [0.1, 0.15) is 5.75 Å². The molecule has 0 saturated heterocycles. The van der Waals surface area contributed by atoms with Crippen LogP contribution in [0.5, 0.6) is 5.75 Å². The van der Waals surface area contributed by atoms with E-state index in [1.807, 2.05) is 30.3 Å². The van der Waals surface area contributed by atoms with Crippen LogP contribution in [0, 0.1) is 0 Å². The van der Waals surface area contributed by atoms with E-state index < -0.39 is 0 Å². The Morgan fingerprint density at radius 1 is 1.07 bits per heavy atom. The van der Waals surface area contributed by atoms with Crippen molar-refractivity contribution in [2.24, 2.45) is 0 Å².